The molecular weight excluding hydrogens is 150 g/mol. The molecule has 0 bridgehead atoms. The number of hydrogen-bond donors (Lipinski definition) is 1. The van der Waals surface area contributed by atoms with Gasteiger partial charge in [-0.05, 0) is 19.9 Å². The van der Waals surface area contributed by atoms with Crippen LogP contribution in [0.2, 0.25) is 0 Å². The summed E-state index contributed by atoms with van der Waals surface area (Å²) in [6.45, 7) is 0. The van der Waals surface area contributed by atoms with E-state index in [9.17, 15) is 0 Å². The van der Waals surface area contributed by atoms with Gasteiger partial charge in [-0.2, -0.15) is 0 Å². The van der Waals surface area contributed by atoms with Crippen molar-refractivity contribution >= 4 is 0 Å². The number of rotatable bonds is 2. The molecule has 0 aromatic carbocycles. The molecule has 0 unspecified atom stereocenters. The van der Waals surface area contributed by atoms with Gasteiger partial charge in [0.15, 0.2) is 0 Å². The summed E-state index contributed by atoms with van der Waals surface area (Å²) in [5, 5.41) is 3.35. The summed E-state index contributed by atoms with van der Waals surface area (Å²) in [6.07, 6.45) is 8.40. The third-order valence-corrected chi connectivity index (χ3v) is 2.88. The Morgan fingerprint density at radius 3 is 2.33 bits per heavy atom. The fourth-order valence-electron chi connectivity index (χ4n) is 2.06. The quantitative estimate of drug-likeness (QED) is 0.685. The van der Waals surface area contributed by atoms with Gasteiger partial charge in [0.05, 0.1) is 6.10 Å². The van der Waals surface area contributed by atoms with Crippen LogP contribution in [0.3, 0.4) is 0 Å². The van der Waals surface area contributed by atoms with Gasteiger partial charge in [0.1, 0.15) is 0 Å². The van der Waals surface area contributed by atoms with Gasteiger partial charge in [-0.15, -0.1) is 0 Å². The lowest BCUT2D eigenvalue weighted by molar-refractivity contribution is 0.0544. The van der Waals surface area contributed by atoms with Gasteiger partial charge in [-0.3, -0.25) is 0 Å². The first-order chi connectivity index (χ1) is 5.88. The van der Waals surface area contributed by atoms with Gasteiger partial charge in [0.25, 0.3) is 0 Å². The van der Waals surface area contributed by atoms with Gasteiger partial charge < -0.3 is 10.1 Å². The fraction of sp³-hybridized carbons (Fsp3) is 1.00. The Morgan fingerprint density at radius 2 is 1.75 bits per heavy atom. The van der Waals surface area contributed by atoms with Gasteiger partial charge >= 0.3 is 0 Å². The molecule has 0 heterocycles. The molecule has 1 aliphatic carbocycles. The van der Waals surface area contributed by atoms with E-state index in [4.69, 9.17) is 4.74 Å². The third-order valence-electron chi connectivity index (χ3n) is 2.88. The molecule has 12 heavy (non-hydrogen) atoms. The van der Waals surface area contributed by atoms with Crippen molar-refractivity contribution in [2.45, 2.75) is 50.7 Å². The van der Waals surface area contributed by atoms with Crippen LogP contribution >= 0.6 is 0 Å². The SMILES string of the molecule is CN[C@@H]1CCCCCC[C@H]1OC. The Balaban J connectivity index is 2.39. The fourth-order valence-corrected chi connectivity index (χ4v) is 2.06. The predicted molar refractivity (Wildman–Crippen MR) is 51.3 cm³/mol. The minimum Gasteiger partial charge on any atom is -0.380 e. The number of ether oxygens (including phenoxy) is 1. The lowest BCUT2D eigenvalue weighted by Gasteiger charge is -2.27. The molecular formula is C10H21NO. The van der Waals surface area contributed by atoms with E-state index in [0.717, 1.165) is 0 Å². The second-order valence-electron chi connectivity index (χ2n) is 3.66. The highest BCUT2D eigenvalue weighted by atomic mass is 16.5. The number of likely N-dealkylation sites (N-methyl/N-ethyl adjacent to an activating group) is 1. The number of methoxy groups -OCH3 is 1. The highest BCUT2D eigenvalue weighted by Gasteiger charge is 2.20. The Morgan fingerprint density at radius 1 is 1.08 bits per heavy atom. The first kappa shape index (κ1) is 10.0. The molecule has 1 rings (SSSR count). The van der Waals surface area contributed by atoms with E-state index in [-0.39, 0.29) is 0 Å². The minimum absolute atomic E-state index is 0.440. The molecule has 0 aliphatic heterocycles. The van der Waals surface area contributed by atoms with Crippen LogP contribution in [0.25, 0.3) is 0 Å². The van der Waals surface area contributed by atoms with Crippen LogP contribution in [-0.2, 0) is 4.74 Å². The second-order valence-corrected chi connectivity index (χ2v) is 3.66. The average molecular weight is 171 g/mol. The summed E-state index contributed by atoms with van der Waals surface area (Å²) in [5.41, 5.74) is 0. The summed E-state index contributed by atoms with van der Waals surface area (Å²) >= 11 is 0. The Kier molecular flexibility index (Phi) is 4.62. The zero-order chi connectivity index (χ0) is 8.81. The van der Waals surface area contributed by atoms with E-state index >= 15 is 0 Å². The van der Waals surface area contributed by atoms with Crippen molar-refractivity contribution in [2.75, 3.05) is 14.2 Å². The molecule has 0 aromatic rings. The summed E-state index contributed by atoms with van der Waals surface area (Å²) in [4.78, 5) is 0. The molecule has 1 saturated carbocycles. The van der Waals surface area contributed by atoms with Crippen LogP contribution in [0.4, 0.5) is 0 Å². The van der Waals surface area contributed by atoms with Crippen LogP contribution in [-0.4, -0.2) is 26.3 Å². The molecule has 0 saturated heterocycles. The number of hydrogen-bond acceptors (Lipinski definition) is 2. The van der Waals surface area contributed by atoms with Crippen LogP contribution in [0.5, 0.6) is 0 Å². The minimum atomic E-state index is 0.440. The maximum atomic E-state index is 5.47. The topological polar surface area (TPSA) is 21.3 Å². The van der Waals surface area contributed by atoms with Crippen molar-refractivity contribution < 1.29 is 4.74 Å². The van der Waals surface area contributed by atoms with E-state index in [1.165, 1.54) is 38.5 Å². The highest BCUT2D eigenvalue weighted by molar-refractivity contribution is 4.77. The zero-order valence-electron chi connectivity index (χ0n) is 8.31. The van der Waals surface area contributed by atoms with Crippen molar-refractivity contribution in [3.8, 4) is 0 Å². The van der Waals surface area contributed by atoms with Crippen LogP contribution in [0, 0.1) is 0 Å². The summed E-state index contributed by atoms with van der Waals surface area (Å²) in [6, 6.07) is 0.579. The molecule has 2 heteroatoms. The van der Waals surface area contributed by atoms with Crippen molar-refractivity contribution in [3.05, 3.63) is 0 Å². The lowest BCUT2D eigenvalue weighted by atomic mass is 9.94. The Labute approximate surface area is 75.7 Å². The third kappa shape index (κ3) is 2.76. The molecule has 1 fully saturated rings. The molecule has 1 N–H and O–H groups in total. The largest absolute Gasteiger partial charge is 0.380 e. The molecule has 2 nitrogen and oxygen atoms in total. The maximum absolute atomic E-state index is 5.47. The normalized spacial score (nSPS) is 32.5. The zero-order valence-corrected chi connectivity index (χ0v) is 8.31. The van der Waals surface area contributed by atoms with E-state index in [0.29, 0.717) is 12.1 Å². The first-order valence-corrected chi connectivity index (χ1v) is 5.08. The smallest absolute Gasteiger partial charge is 0.0724 e. The summed E-state index contributed by atoms with van der Waals surface area (Å²) in [7, 11) is 3.87. The standard InChI is InChI=1S/C10H21NO/c1-11-9-7-5-3-4-6-8-10(9)12-2/h9-11H,3-8H2,1-2H3/t9-,10-/m1/s1. The highest BCUT2D eigenvalue weighted by Crippen LogP contribution is 2.19. The van der Waals surface area contributed by atoms with Gasteiger partial charge in [0, 0.05) is 13.2 Å². The van der Waals surface area contributed by atoms with E-state index < -0.39 is 0 Å². The first-order valence-electron chi connectivity index (χ1n) is 5.08. The molecule has 0 radical (unpaired) electrons. The monoisotopic (exact) mass is 171 g/mol. The lowest BCUT2D eigenvalue weighted by Crippen LogP contribution is -2.39. The summed E-state index contributed by atoms with van der Waals surface area (Å²) in [5.74, 6) is 0. The molecule has 0 amide bonds. The number of nitrogens with one attached hydrogen (secondary N) is 1. The molecule has 0 aromatic heterocycles. The van der Waals surface area contributed by atoms with Crippen molar-refractivity contribution in [2.24, 2.45) is 0 Å². The second kappa shape index (κ2) is 5.55. The maximum Gasteiger partial charge on any atom is 0.0724 e. The molecule has 1 aliphatic rings. The Hall–Kier alpha value is -0.0800. The van der Waals surface area contributed by atoms with Crippen LogP contribution < -0.4 is 5.32 Å². The Bertz CT molecular complexity index is 102. The van der Waals surface area contributed by atoms with Crippen LogP contribution in [0.1, 0.15) is 38.5 Å². The molecule has 0 spiro atoms. The molecule has 2 atom stereocenters. The average Bonchev–Trinajstić information content (AvgIpc) is 2.05. The van der Waals surface area contributed by atoms with E-state index in [1.807, 2.05) is 14.2 Å². The van der Waals surface area contributed by atoms with E-state index in [1.54, 1.807) is 0 Å². The van der Waals surface area contributed by atoms with Crippen LogP contribution in [0.15, 0.2) is 0 Å². The predicted octanol–water partition coefficient (Wildman–Crippen LogP) is 1.94. The van der Waals surface area contributed by atoms with Gasteiger partial charge in [-0.25, -0.2) is 0 Å². The van der Waals surface area contributed by atoms with Gasteiger partial charge in [-0.1, -0.05) is 25.7 Å². The van der Waals surface area contributed by atoms with Crippen molar-refractivity contribution in [1.82, 2.24) is 5.32 Å². The van der Waals surface area contributed by atoms with Gasteiger partial charge in [0.2, 0.25) is 0 Å². The van der Waals surface area contributed by atoms with E-state index in [2.05, 4.69) is 5.32 Å². The molecule has 72 valence electrons. The van der Waals surface area contributed by atoms with Crippen molar-refractivity contribution in [1.29, 1.82) is 0 Å². The van der Waals surface area contributed by atoms with Crippen molar-refractivity contribution in [3.63, 3.8) is 0 Å². The summed E-state index contributed by atoms with van der Waals surface area (Å²) < 4.78 is 5.47.